The minimum Gasteiger partial charge on any atom is -0.435 e. The Morgan fingerprint density at radius 2 is 1.26 bits per heavy atom. The summed E-state index contributed by atoms with van der Waals surface area (Å²) < 4.78 is 57.6. The molecular weight excluding hydrogens is 681 g/mol. The van der Waals surface area contributed by atoms with Gasteiger partial charge < -0.3 is 15.2 Å². The third-order valence-corrected chi connectivity index (χ3v) is 6.44. The fraction of sp³-hybridized carbons (Fsp3) is 0.133. The Kier molecular flexibility index (Phi) is 11.8. The number of halogens is 5. The van der Waals surface area contributed by atoms with Gasteiger partial charge >= 0.3 is 13.2 Å². The van der Waals surface area contributed by atoms with Crippen molar-refractivity contribution < 1.29 is 31.8 Å². The van der Waals surface area contributed by atoms with Gasteiger partial charge in [-0.25, -0.2) is 4.99 Å². The van der Waals surface area contributed by atoms with Crippen molar-refractivity contribution in [1.82, 2.24) is 14.9 Å². The number of aromatic nitrogens is 2. The van der Waals surface area contributed by atoms with E-state index in [0.29, 0.717) is 16.7 Å². The maximum absolute atomic E-state index is 12.9. The first-order valence-electron chi connectivity index (χ1n) is 12.2. The monoisotopic (exact) mass is 705 g/mol. The zero-order valence-corrected chi connectivity index (χ0v) is 24.6. The molecule has 1 aliphatic rings. The number of benzene rings is 2. The first-order valence-corrected chi connectivity index (χ1v) is 13.3. The molecule has 13 heteroatoms. The zero-order chi connectivity index (χ0) is 31.4. The largest absolute Gasteiger partial charge is 0.435 e. The highest BCUT2D eigenvalue weighted by Gasteiger charge is 2.49. The second kappa shape index (κ2) is 15.5. The summed E-state index contributed by atoms with van der Waals surface area (Å²) in [5.41, 5.74) is 6.17. The van der Waals surface area contributed by atoms with Gasteiger partial charge in [0.25, 0.3) is 5.91 Å². The van der Waals surface area contributed by atoms with Crippen molar-refractivity contribution in [1.29, 1.82) is 0 Å². The molecule has 0 saturated heterocycles. The summed E-state index contributed by atoms with van der Waals surface area (Å²) in [6.45, 7) is -5.71. The molecule has 1 unspecified atom stereocenters. The Morgan fingerprint density at radius 3 is 1.63 bits per heavy atom. The third-order valence-electron chi connectivity index (χ3n) is 5.72. The Bertz CT molecular complexity index is 1540. The maximum Gasteiger partial charge on any atom is 0.387 e. The molecule has 0 fully saturated rings. The van der Waals surface area contributed by atoms with Gasteiger partial charge in [0.05, 0.1) is 0 Å². The first kappa shape index (κ1) is 32.8. The van der Waals surface area contributed by atoms with Gasteiger partial charge in [0, 0.05) is 41.0 Å². The van der Waals surface area contributed by atoms with Crippen molar-refractivity contribution in [2.45, 2.75) is 18.8 Å². The molecule has 1 aliphatic heterocycles. The standard InChI is InChI=1S/C16H14F2N4O2.C9H6F2O.C5H4IN/c1-22-13(23)16(21-15(22)19,11-6-8-20-9-7-11)10-2-4-12(5-3-10)24-14(17)18;1-2-7-3-5-8(6-4-7)12-9(10)11;6-5-1-3-7-4-2-5/h2-9,14H,1H3,(H2,19,21);1,3-6,9H;1-4H. The SMILES string of the molecule is C#Cc1ccc(OC(F)F)cc1.CN1C(=O)C(c2ccncc2)(c2ccc(OC(F)F)cc2)N=C1N.Ic1ccncc1. The van der Waals surface area contributed by atoms with Crippen molar-refractivity contribution in [3.63, 3.8) is 0 Å². The van der Waals surface area contributed by atoms with Crippen LogP contribution in [0.25, 0.3) is 0 Å². The highest BCUT2D eigenvalue weighted by Crippen LogP contribution is 2.39. The average molecular weight is 705 g/mol. The van der Waals surface area contributed by atoms with E-state index in [1.807, 2.05) is 12.1 Å². The van der Waals surface area contributed by atoms with E-state index < -0.39 is 18.8 Å². The van der Waals surface area contributed by atoms with Crippen LogP contribution in [0.5, 0.6) is 11.5 Å². The normalized spacial score (nSPS) is 15.5. The minimum absolute atomic E-state index is 0.00520. The van der Waals surface area contributed by atoms with Crippen LogP contribution in [0, 0.1) is 15.9 Å². The van der Waals surface area contributed by atoms with Crippen molar-refractivity contribution in [2.24, 2.45) is 10.7 Å². The molecule has 1 amide bonds. The van der Waals surface area contributed by atoms with Gasteiger partial charge in [-0.2, -0.15) is 17.6 Å². The minimum atomic E-state index is -2.92. The van der Waals surface area contributed by atoms with Gasteiger partial charge in [-0.3, -0.25) is 19.7 Å². The van der Waals surface area contributed by atoms with Crippen molar-refractivity contribution in [3.05, 3.63) is 118 Å². The van der Waals surface area contributed by atoms with Crippen LogP contribution >= 0.6 is 22.6 Å². The van der Waals surface area contributed by atoms with Crippen LogP contribution in [-0.2, 0) is 10.3 Å². The number of amides is 1. The quantitative estimate of drug-likeness (QED) is 0.158. The number of nitrogens with zero attached hydrogens (tertiary/aromatic N) is 4. The lowest BCUT2D eigenvalue weighted by atomic mass is 9.83. The second-order valence-corrected chi connectivity index (χ2v) is 9.64. The molecule has 2 N–H and O–H groups in total. The number of carbonyl (C=O) groups excluding carboxylic acids is 1. The van der Waals surface area contributed by atoms with Crippen LogP contribution in [0.3, 0.4) is 0 Å². The summed E-state index contributed by atoms with van der Waals surface area (Å²) in [6.07, 6.45) is 11.7. The van der Waals surface area contributed by atoms with E-state index in [2.05, 4.69) is 52.9 Å². The molecule has 4 aromatic rings. The van der Waals surface area contributed by atoms with Gasteiger partial charge in [0.2, 0.25) is 0 Å². The Hall–Kier alpha value is -4.71. The van der Waals surface area contributed by atoms with Crippen LogP contribution in [0.4, 0.5) is 17.6 Å². The first-order chi connectivity index (χ1) is 20.6. The van der Waals surface area contributed by atoms with E-state index in [-0.39, 0.29) is 23.4 Å². The second-order valence-electron chi connectivity index (χ2n) is 8.40. The van der Waals surface area contributed by atoms with Gasteiger partial charge in [-0.1, -0.05) is 18.1 Å². The summed E-state index contributed by atoms with van der Waals surface area (Å²) in [4.78, 5) is 26.3. The molecule has 1 atom stereocenters. The Labute approximate surface area is 258 Å². The summed E-state index contributed by atoms with van der Waals surface area (Å²) >= 11 is 2.24. The molecule has 3 heterocycles. The van der Waals surface area contributed by atoms with Gasteiger partial charge in [-0.05, 0) is 94.4 Å². The van der Waals surface area contributed by atoms with Crippen LogP contribution in [-0.4, -0.2) is 47.0 Å². The van der Waals surface area contributed by atoms with E-state index in [9.17, 15) is 22.4 Å². The molecule has 5 rings (SSSR count). The molecule has 0 saturated carbocycles. The summed E-state index contributed by atoms with van der Waals surface area (Å²) in [7, 11) is 1.53. The number of alkyl halides is 4. The Morgan fingerprint density at radius 1 is 0.814 bits per heavy atom. The van der Waals surface area contributed by atoms with E-state index in [1.54, 1.807) is 36.9 Å². The summed E-state index contributed by atoms with van der Waals surface area (Å²) in [5.74, 6) is 2.21. The van der Waals surface area contributed by atoms with Gasteiger partial charge in [0.15, 0.2) is 11.5 Å². The lowest BCUT2D eigenvalue weighted by molar-refractivity contribution is -0.129. The highest BCUT2D eigenvalue weighted by atomic mass is 127. The fourth-order valence-electron chi connectivity index (χ4n) is 3.72. The molecule has 8 nitrogen and oxygen atoms in total. The lowest BCUT2D eigenvalue weighted by Gasteiger charge is -2.26. The number of hydrogen-bond donors (Lipinski definition) is 1. The van der Waals surface area contributed by atoms with Crippen molar-refractivity contribution >= 4 is 34.5 Å². The van der Waals surface area contributed by atoms with Crippen LogP contribution < -0.4 is 15.2 Å². The highest BCUT2D eigenvalue weighted by molar-refractivity contribution is 14.1. The smallest absolute Gasteiger partial charge is 0.387 e. The van der Waals surface area contributed by atoms with E-state index >= 15 is 0 Å². The van der Waals surface area contributed by atoms with Crippen molar-refractivity contribution in [2.75, 3.05) is 7.05 Å². The maximum atomic E-state index is 12.9. The predicted molar refractivity (Wildman–Crippen MR) is 160 cm³/mol. The number of hydrogen-bond acceptors (Lipinski definition) is 7. The zero-order valence-electron chi connectivity index (χ0n) is 22.5. The molecule has 0 radical (unpaired) electrons. The van der Waals surface area contributed by atoms with Gasteiger partial charge in [-0.15, -0.1) is 6.42 Å². The van der Waals surface area contributed by atoms with E-state index in [1.165, 1.54) is 64.0 Å². The molecular formula is C30H24F4IN5O3. The number of carbonyl (C=O) groups is 1. The van der Waals surface area contributed by atoms with Crippen LogP contribution in [0.15, 0.2) is 103 Å². The summed E-state index contributed by atoms with van der Waals surface area (Å²) in [5, 5.41) is 0. The molecule has 222 valence electrons. The summed E-state index contributed by atoms with van der Waals surface area (Å²) in [6, 6.07) is 18.9. The number of aliphatic imine (C=N–C) groups is 1. The predicted octanol–water partition coefficient (Wildman–Crippen LogP) is 5.67. The molecule has 2 aromatic carbocycles. The number of nitrogens with two attached hydrogens (primary N) is 1. The topological polar surface area (TPSA) is 103 Å². The average Bonchev–Trinajstić information content (AvgIpc) is 3.23. The number of pyridine rings is 2. The number of ether oxygens (including phenoxy) is 2. The molecule has 0 aliphatic carbocycles. The number of terminal acetylenes is 1. The molecule has 0 spiro atoms. The number of likely N-dealkylation sites (N-methyl/N-ethyl adjacent to an activating group) is 1. The van der Waals surface area contributed by atoms with Crippen LogP contribution in [0.2, 0.25) is 0 Å². The fourth-order valence-corrected chi connectivity index (χ4v) is 4.04. The van der Waals surface area contributed by atoms with Crippen LogP contribution in [0.1, 0.15) is 16.7 Å². The van der Waals surface area contributed by atoms with E-state index in [4.69, 9.17) is 12.2 Å². The number of guanidine groups is 1. The van der Waals surface area contributed by atoms with E-state index in [0.717, 1.165) is 0 Å². The molecule has 43 heavy (non-hydrogen) atoms. The number of rotatable bonds is 6. The molecule has 2 aromatic heterocycles. The molecule has 0 bridgehead atoms. The third kappa shape index (κ3) is 8.89. The lowest BCUT2D eigenvalue weighted by Crippen LogP contribution is -2.41. The van der Waals surface area contributed by atoms with Crippen molar-refractivity contribution in [3.8, 4) is 23.8 Å². The Balaban J connectivity index is 0.000000219. The van der Waals surface area contributed by atoms with Gasteiger partial charge in [0.1, 0.15) is 11.5 Å².